The molecule has 9 nitrogen and oxygen atoms in total. The van der Waals surface area contributed by atoms with Gasteiger partial charge in [-0.25, -0.2) is 18.6 Å². The number of amides is 1. The van der Waals surface area contributed by atoms with Gasteiger partial charge in [0, 0.05) is 17.7 Å². The maximum Gasteiger partial charge on any atom is 0.307 e. The second-order valence-electron chi connectivity index (χ2n) is 7.44. The summed E-state index contributed by atoms with van der Waals surface area (Å²) in [4.78, 5) is 28.5. The first-order valence-electron chi connectivity index (χ1n) is 10.2. The van der Waals surface area contributed by atoms with Crippen LogP contribution in [0.1, 0.15) is 27.0 Å². The standard InChI is InChI=1S/C24H24N2O7S/c1-34(30,31)25-15-20-13-18(14-23(27)28)7-12-22(20)33-21-10-8-19(9-11-21)24(29)26-32-16-17-5-3-2-4-6-17/h2-13,25H,14-16H2,1H3,(H,26,29)(H,27,28). The number of ether oxygens (including phenoxy) is 1. The summed E-state index contributed by atoms with van der Waals surface area (Å²) in [6, 6.07) is 20.5. The molecule has 0 radical (unpaired) electrons. The minimum atomic E-state index is -3.47. The van der Waals surface area contributed by atoms with Crippen molar-refractivity contribution in [1.82, 2.24) is 10.2 Å². The van der Waals surface area contributed by atoms with Crippen molar-refractivity contribution < 1.29 is 32.7 Å². The van der Waals surface area contributed by atoms with Gasteiger partial charge in [-0.3, -0.25) is 14.4 Å². The first kappa shape index (κ1) is 24.9. The highest BCUT2D eigenvalue weighted by Crippen LogP contribution is 2.27. The molecule has 0 saturated heterocycles. The Balaban J connectivity index is 1.66. The lowest BCUT2D eigenvalue weighted by atomic mass is 10.1. The maximum absolute atomic E-state index is 12.3. The Morgan fingerprint density at radius 3 is 2.29 bits per heavy atom. The second kappa shape index (κ2) is 11.4. The predicted molar refractivity (Wildman–Crippen MR) is 125 cm³/mol. The highest BCUT2D eigenvalue weighted by molar-refractivity contribution is 7.88. The van der Waals surface area contributed by atoms with E-state index < -0.39 is 21.9 Å². The molecule has 0 aliphatic rings. The summed E-state index contributed by atoms with van der Waals surface area (Å²) in [6.07, 6.45) is 0.824. The topological polar surface area (TPSA) is 131 Å². The van der Waals surface area contributed by atoms with Gasteiger partial charge in [-0.2, -0.15) is 0 Å². The van der Waals surface area contributed by atoms with Crippen LogP contribution in [0.2, 0.25) is 0 Å². The number of carbonyl (C=O) groups excluding carboxylic acids is 1. The average molecular weight is 485 g/mol. The maximum atomic E-state index is 12.3. The lowest BCUT2D eigenvalue weighted by molar-refractivity contribution is -0.136. The van der Waals surface area contributed by atoms with Crippen LogP contribution in [0.5, 0.6) is 11.5 Å². The normalized spacial score (nSPS) is 11.1. The Labute approximate surface area is 197 Å². The highest BCUT2D eigenvalue weighted by Gasteiger charge is 2.12. The summed E-state index contributed by atoms with van der Waals surface area (Å²) in [6.45, 7) is 0.164. The van der Waals surface area contributed by atoms with Crippen LogP contribution in [-0.2, 0) is 39.2 Å². The van der Waals surface area contributed by atoms with Crippen molar-refractivity contribution in [2.24, 2.45) is 0 Å². The smallest absolute Gasteiger partial charge is 0.307 e. The number of aliphatic carboxylic acids is 1. The molecule has 1 amide bonds. The number of nitrogens with one attached hydrogen (secondary N) is 2. The van der Waals surface area contributed by atoms with Crippen LogP contribution in [0.25, 0.3) is 0 Å². The van der Waals surface area contributed by atoms with E-state index in [4.69, 9.17) is 14.7 Å². The van der Waals surface area contributed by atoms with Crippen LogP contribution in [-0.4, -0.2) is 31.7 Å². The monoisotopic (exact) mass is 484 g/mol. The molecule has 0 bridgehead atoms. The Bertz CT molecular complexity index is 1240. The van der Waals surface area contributed by atoms with E-state index in [-0.39, 0.29) is 19.6 Å². The van der Waals surface area contributed by atoms with Crippen molar-refractivity contribution in [2.75, 3.05) is 6.26 Å². The molecular formula is C24H24N2O7S. The van der Waals surface area contributed by atoms with Crippen molar-refractivity contribution in [3.8, 4) is 11.5 Å². The fourth-order valence-electron chi connectivity index (χ4n) is 2.98. The molecule has 0 saturated carbocycles. The van der Waals surface area contributed by atoms with Crippen LogP contribution in [0, 0.1) is 0 Å². The Kier molecular flexibility index (Phi) is 8.36. The molecule has 0 heterocycles. The zero-order valence-corrected chi connectivity index (χ0v) is 19.2. The number of carboxylic acids is 1. The van der Waals surface area contributed by atoms with E-state index in [0.717, 1.165) is 11.8 Å². The molecule has 178 valence electrons. The third-order valence-electron chi connectivity index (χ3n) is 4.60. The predicted octanol–water partition coefficient (Wildman–Crippen LogP) is 3.02. The van der Waals surface area contributed by atoms with Gasteiger partial charge in [0.15, 0.2) is 0 Å². The molecular weight excluding hydrogens is 460 g/mol. The van der Waals surface area contributed by atoms with E-state index in [2.05, 4.69) is 10.2 Å². The molecule has 0 unspecified atom stereocenters. The van der Waals surface area contributed by atoms with Crippen molar-refractivity contribution in [2.45, 2.75) is 19.6 Å². The van der Waals surface area contributed by atoms with Crippen molar-refractivity contribution in [3.05, 3.63) is 95.1 Å². The van der Waals surface area contributed by atoms with Crippen molar-refractivity contribution in [3.63, 3.8) is 0 Å². The van der Waals surface area contributed by atoms with Crippen LogP contribution in [0.4, 0.5) is 0 Å². The number of hydroxylamine groups is 1. The summed E-state index contributed by atoms with van der Waals surface area (Å²) >= 11 is 0. The van der Waals surface area contributed by atoms with Gasteiger partial charge >= 0.3 is 5.97 Å². The number of carboxylic acid groups (broad SMARTS) is 1. The molecule has 10 heteroatoms. The molecule has 3 aromatic rings. The van der Waals surface area contributed by atoms with Crippen LogP contribution >= 0.6 is 0 Å². The SMILES string of the molecule is CS(=O)(=O)NCc1cc(CC(=O)O)ccc1Oc1ccc(C(=O)NOCc2ccccc2)cc1. The van der Waals surface area contributed by atoms with Gasteiger partial charge in [-0.1, -0.05) is 42.5 Å². The molecule has 3 rings (SSSR count). The van der Waals surface area contributed by atoms with Gasteiger partial charge < -0.3 is 9.84 Å². The van der Waals surface area contributed by atoms with Crippen LogP contribution < -0.4 is 14.9 Å². The number of hydrogen-bond donors (Lipinski definition) is 3. The molecule has 0 aliphatic carbocycles. The van der Waals surface area contributed by atoms with Gasteiger partial charge in [-0.15, -0.1) is 0 Å². The zero-order chi connectivity index (χ0) is 24.6. The quantitative estimate of drug-likeness (QED) is 0.357. The lowest BCUT2D eigenvalue weighted by Gasteiger charge is -2.13. The van der Waals surface area contributed by atoms with E-state index in [9.17, 15) is 18.0 Å². The summed E-state index contributed by atoms with van der Waals surface area (Å²) in [5.74, 6) is -0.655. The van der Waals surface area contributed by atoms with E-state index in [1.807, 2.05) is 30.3 Å². The third kappa shape index (κ3) is 8.00. The van der Waals surface area contributed by atoms with Crippen LogP contribution in [0.3, 0.4) is 0 Å². The molecule has 34 heavy (non-hydrogen) atoms. The van der Waals surface area contributed by atoms with Crippen LogP contribution in [0.15, 0.2) is 72.8 Å². The molecule has 3 N–H and O–H groups in total. The highest BCUT2D eigenvalue weighted by atomic mass is 32.2. The Morgan fingerprint density at radius 1 is 0.941 bits per heavy atom. The first-order valence-corrected chi connectivity index (χ1v) is 12.1. The molecule has 0 atom stereocenters. The van der Waals surface area contributed by atoms with E-state index in [1.54, 1.807) is 42.5 Å². The largest absolute Gasteiger partial charge is 0.481 e. The summed E-state index contributed by atoms with van der Waals surface area (Å²) in [5.41, 5.74) is 4.64. The summed E-state index contributed by atoms with van der Waals surface area (Å²) in [5, 5.41) is 9.02. The lowest BCUT2D eigenvalue weighted by Crippen LogP contribution is -2.23. The summed E-state index contributed by atoms with van der Waals surface area (Å²) in [7, 11) is -3.47. The molecule has 0 fully saturated rings. The van der Waals surface area contributed by atoms with Gasteiger partial charge in [0.05, 0.1) is 19.3 Å². The molecule has 0 spiro atoms. The van der Waals surface area contributed by atoms with Gasteiger partial charge in [0.1, 0.15) is 11.5 Å². The number of benzene rings is 3. The van der Waals surface area contributed by atoms with Gasteiger partial charge in [-0.05, 0) is 41.5 Å². The fraction of sp³-hybridized carbons (Fsp3) is 0.167. The number of sulfonamides is 1. The zero-order valence-electron chi connectivity index (χ0n) is 18.4. The number of carbonyl (C=O) groups is 2. The third-order valence-corrected chi connectivity index (χ3v) is 5.26. The first-order chi connectivity index (χ1) is 16.2. The van der Waals surface area contributed by atoms with Crippen molar-refractivity contribution >= 4 is 21.9 Å². The second-order valence-corrected chi connectivity index (χ2v) is 9.27. The minimum absolute atomic E-state index is 0.0686. The van der Waals surface area contributed by atoms with E-state index >= 15 is 0 Å². The molecule has 0 aliphatic heterocycles. The molecule has 0 aromatic heterocycles. The Morgan fingerprint density at radius 2 is 1.65 bits per heavy atom. The number of hydrogen-bond acceptors (Lipinski definition) is 6. The minimum Gasteiger partial charge on any atom is -0.481 e. The summed E-state index contributed by atoms with van der Waals surface area (Å²) < 4.78 is 31.2. The Hall–Kier alpha value is -3.73. The molecule has 3 aromatic carbocycles. The fourth-order valence-corrected chi connectivity index (χ4v) is 3.40. The van der Waals surface area contributed by atoms with Crippen molar-refractivity contribution in [1.29, 1.82) is 0 Å². The van der Waals surface area contributed by atoms with Gasteiger partial charge in [0.2, 0.25) is 10.0 Å². The van der Waals surface area contributed by atoms with E-state index in [0.29, 0.717) is 28.2 Å². The average Bonchev–Trinajstić information content (AvgIpc) is 2.79. The number of rotatable bonds is 11. The van der Waals surface area contributed by atoms with Gasteiger partial charge in [0.25, 0.3) is 5.91 Å². The van der Waals surface area contributed by atoms with E-state index in [1.165, 1.54) is 0 Å².